The molecule has 4 aromatic carbocycles. The van der Waals surface area contributed by atoms with Crippen LogP contribution >= 0.6 is 11.6 Å². The predicted molar refractivity (Wildman–Crippen MR) is 205 cm³/mol. The summed E-state index contributed by atoms with van der Waals surface area (Å²) in [6.45, 7) is 4.81. The normalized spacial score (nSPS) is 17.5. The minimum Gasteiger partial charge on any atom is -0.465 e. The first-order valence-electron chi connectivity index (χ1n) is 17.2. The van der Waals surface area contributed by atoms with E-state index in [-0.39, 0.29) is 5.97 Å². The van der Waals surface area contributed by atoms with Crippen LogP contribution in [0.25, 0.3) is 5.69 Å². The first-order chi connectivity index (χ1) is 25.0. The Bertz CT molecular complexity index is 2010. The Labute approximate surface area is 304 Å². The van der Waals surface area contributed by atoms with Gasteiger partial charge in [-0.3, -0.25) is 19.3 Å². The van der Waals surface area contributed by atoms with E-state index in [4.69, 9.17) is 21.3 Å². The fourth-order valence-electron chi connectivity index (χ4n) is 6.49. The topological polar surface area (TPSA) is 97.0 Å². The molecule has 1 saturated heterocycles. The van der Waals surface area contributed by atoms with Gasteiger partial charge in [0.1, 0.15) is 12.9 Å². The summed E-state index contributed by atoms with van der Waals surface area (Å²) < 4.78 is 7.34. The summed E-state index contributed by atoms with van der Waals surface area (Å²) in [5.41, 5.74) is 6.86. The van der Waals surface area contributed by atoms with Crippen LogP contribution in [0.4, 0.5) is 5.69 Å². The second-order valence-electron chi connectivity index (χ2n) is 12.5. The summed E-state index contributed by atoms with van der Waals surface area (Å²) in [6, 6.07) is 34.1. The molecule has 1 N–H and O–H groups in total. The number of anilines is 1. The number of carbonyl (C=O) groups excluding carboxylic acids is 1. The number of benzene rings is 4. The summed E-state index contributed by atoms with van der Waals surface area (Å²) in [6.07, 6.45) is 9.86. The highest BCUT2D eigenvalue weighted by atomic mass is 35.5. The van der Waals surface area contributed by atoms with Crippen molar-refractivity contribution in [3.05, 3.63) is 155 Å². The monoisotopic (exact) mass is 699 g/mol. The van der Waals surface area contributed by atoms with Crippen LogP contribution in [0, 0.1) is 0 Å². The van der Waals surface area contributed by atoms with Gasteiger partial charge in [-0.1, -0.05) is 90.5 Å². The minimum atomic E-state index is -0.456. The Morgan fingerprint density at radius 2 is 1.71 bits per heavy atom. The average molecular weight is 700 g/mol. The number of para-hydroxylation sites is 1. The van der Waals surface area contributed by atoms with E-state index in [0.29, 0.717) is 18.2 Å². The summed E-state index contributed by atoms with van der Waals surface area (Å²) in [7, 11) is 2.12. The molecule has 9 nitrogen and oxygen atoms in total. The number of esters is 1. The van der Waals surface area contributed by atoms with E-state index in [0.717, 1.165) is 77.5 Å². The van der Waals surface area contributed by atoms with Crippen LogP contribution in [0.1, 0.15) is 54.3 Å². The maximum absolute atomic E-state index is 12.5. The molecule has 1 aromatic heterocycles. The summed E-state index contributed by atoms with van der Waals surface area (Å²) in [4.78, 5) is 23.6. The molecule has 4 heterocycles. The van der Waals surface area contributed by atoms with Crippen molar-refractivity contribution in [1.29, 1.82) is 0 Å². The Morgan fingerprint density at radius 1 is 0.941 bits per heavy atom. The lowest BCUT2D eigenvalue weighted by molar-refractivity contribution is -0.150. The molecule has 0 aliphatic carbocycles. The number of ether oxygens (including phenoxy) is 1. The number of halogens is 1. The lowest BCUT2D eigenvalue weighted by Gasteiger charge is -2.30. The van der Waals surface area contributed by atoms with E-state index in [1.165, 1.54) is 0 Å². The molecular formula is C41H42ClN7O2. The molecule has 8 rings (SSSR count). The molecule has 3 aliphatic rings. The van der Waals surface area contributed by atoms with Gasteiger partial charge in [-0.2, -0.15) is 0 Å². The lowest BCUT2D eigenvalue weighted by Crippen LogP contribution is -2.38. The number of nitrogens with zero attached hydrogens (tertiary/aromatic N) is 6. The summed E-state index contributed by atoms with van der Waals surface area (Å²) >= 11 is 6.19. The largest absolute Gasteiger partial charge is 0.465 e. The maximum atomic E-state index is 12.5. The highest BCUT2D eigenvalue weighted by Gasteiger charge is 2.42. The fourth-order valence-corrected chi connectivity index (χ4v) is 6.67. The number of likely N-dealkylation sites (tertiary alicyclic amines) is 1. The van der Waals surface area contributed by atoms with Gasteiger partial charge >= 0.3 is 5.97 Å². The Balaban J connectivity index is 0.000000138. The molecule has 0 spiro atoms. The van der Waals surface area contributed by atoms with Crippen LogP contribution in [-0.2, 0) is 21.5 Å². The number of rotatable bonds is 4. The van der Waals surface area contributed by atoms with Crippen molar-refractivity contribution in [3.63, 3.8) is 0 Å². The molecule has 260 valence electrons. The van der Waals surface area contributed by atoms with Gasteiger partial charge in [0.15, 0.2) is 5.82 Å². The minimum absolute atomic E-state index is 0.0588. The second kappa shape index (κ2) is 17.0. The SMILES string of the molecule is C1=CNc2ccccc2C=N1.CCOC(=O)C1(c2ccccc2)CCCN(C)CC1.Clc1ccc2c(c1)C(c1ccccc1)=NCc1nncn1-2. The maximum Gasteiger partial charge on any atom is 0.316 e. The van der Waals surface area contributed by atoms with Crippen molar-refractivity contribution in [2.75, 3.05) is 32.1 Å². The molecule has 10 heteroatoms. The first-order valence-corrected chi connectivity index (χ1v) is 17.6. The fraction of sp³-hybridized carbons (Fsp3) is 0.244. The third-order valence-corrected chi connectivity index (χ3v) is 9.38. The number of carbonyl (C=O) groups is 1. The quantitative estimate of drug-likeness (QED) is 0.192. The molecule has 51 heavy (non-hydrogen) atoms. The van der Waals surface area contributed by atoms with Gasteiger partial charge < -0.3 is 15.0 Å². The van der Waals surface area contributed by atoms with E-state index < -0.39 is 5.41 Å². The van der Waals surface area contributed by atoms with Gasteiger partial charge in [0.05, 0.1) is 23.4 Å². The third-order valence-electron chi connectivity index (χ3n) is 9.15. The van der Waals surface area contributed by atoms with Gasteiger partial charge in [0, 0.05) is 46.0 Å². The Kier molecular flexibility index (Phi) is 11.8. The van der Waals surface area contributed by atoms with Gasteiger partial charge in [0.2, 0.25) is 0 Å². The van der Waals surface area contributed by atoms with Crippen molar-refractivity contribution in [3.8, 4) is 5.69 Å². The van der Waals surface area contributed by atoms with Crippen molar-refractivity contribution in [2.45, 2.75) is 38.1 Å². The molecule has 5 aromatic rings. The zero-order valence-corrected chi connectivity index (χ0v) is 29.7. The molecule has 0 amide bonds. The van der Waals surface area contributed by atoms with E-state index in [1.807, 2.05) is 103 Å². The number of fused-ring (bicyclic) bond motifs is 4. The van der Waals surface area contributed by atoms with Crippen molar-refractivity contribution >= 4 is 35.2 Å². The van der Waals surface area contributed by atoms with E-state index in [9.17, 15) is 4.79 Å². The number of aromatic nitrogens is 3. The van der Waals surface area contributed by atoms with Crippen LogP contribution in [0.3, 0.4) is 0 Å². The van der Waals surface area contributed by atoms with Gasteiger partial charge in [-0.25, -0.2) is 0 Å². The number of aliphatic imine (C=N–C) groups is 2. The molecule has 1 atom stereocenters. The van der Waals surface area contributed by atoms with Crippen molar-refractivity contribution < 1.29 is 9.53 Å². The Morgan fingerprint density at radius 3 is 2.51 bits per heavy atom. The van der Waals surface area contributed by atoms with Crippen molar-refractivity contribution in [2.24, 2.45) is 9.98 Å². The van der Waals surface area contributed by atoms with Gasteiger partial charge in [-0.05, 0) is 76.2 Å². The number of nitrogens with one attached hydrogen (secondary N) is 1. The lowest BCUT2D eigenvalue weighted by atomic mass is 9.74. The second-order valence-corrected chi connectivity index (χ2v) is 12.9. The van der Waals surface area contributed by atoms with E-state index in [1.54, 1.807) is 12.5 Å². The van der Waals surface area contributed by atoms with E-state index >= 15 is 0 Å². The van der Waals surface area contributed by atoms with Gasteiger partial charge in [0.25, 0.3) is 0 Å². The molecule has 1 fully saturated rings. The predicted octanol–water partition coefficient (Wildman–Crippen LogP) is 7.88. The summed E-state index contributed by atoms with van der Waals surface area (Å²) in [5.74, 6) is 0.765. The zero-order chi connectivity index (χ0) is 35.5. The van der Waals surface area contributed by atoms with Gasteiger partial charge in [-0.15, -0.1) is 10.2 Å². The van der Waals surface area contributed by atoms with Crippen LogP contribution in [0.5, 0.6) is 0 Å². The van der Waals surface area contributed by atoms with Crippen LogP contribution in [0.2, 0.25) is 5.02 Å². The molecular weight excluding hydrogens is 658 g/mol. The van der Waals surface area contributed by atoms with Crippen LogP contribution in [-0.4, -0.2) is 64.3 Å². The van der Waals surface area contributed by atoms with E-state index in [2.05, 4.69) is 56.7 Å². The molecule has 0 saturated carbocycles. The molecule has 0 radical (unpaired) electrons. The smallest absolute Gasteiger partial charge is 0.316 e. The first kappa shape index (κ1) is 35.4. The van der Waals surface area contributed by atoms with Crippen LogP contribution < -0.4 is 5.32 Å². The highest BCUT2D eigenvalue weighted by molar-refractivity contribution is 6.31. The third kappa shape index (κ3) is 8.51. The highest BCUT2D eigenvalue weighted by Crippen LogP contribution is 2.36. The average Bonchev–Trinajstić information content (AvgIpc) is 3.29. The molecule has 3 aliphatic heterocycles. The summed E-state index contributed by atoms with van der Waals surface area (Å²) in [5, 5.41) is 11.9. The number of hydrogen-bond donors (Lipinski definition) is 1. The van der Waals surface area contributed by atoms with Crippen LogP contribution in [0.15, 0.2) is 132 Å². The standard InChI is InChI=1S/C16H11ClN4.C16H23NO2.C9H8N2/c17-12-6-7-14-13(8-12)16(11-4-2-1-3-5-11)18-9-15-20-19-10-21(14)15;1-3-19-15(18)16(14-8-5-4-6-9-14)10-7-12-17(2)13-11-16;1-2-4-9-8(3-1)7-10-5-6-11-9/h1-8,10H,9H2;4-6,8-9H,3,7,10-13H2,1-2H3;1-7,11H. The molecule has 0 bridgehead atoms. The number of hydrogen-bond acceptors (Lipinski definition) is 8. The molecule has 1 unspecified atom stereocenters. The Hall–Kier alpha value is -5.38. The zero-order valence-electron chi connectivity index (χ0n) is 29.0. The van der Waals surface area contributed by atoms with Crippen molar-refractivity contribution in [1.82, 2.24) is 19.7 Å².